The Hall–Kier alpha value is -2.63. The van der Waals surface area contributed by atoms with Crippen LogP contribution in [-0.2, 0) is 6.54 Å². The zero-order valence-corrected chi connectivity index (χ0v) is 16.6. The second-order valence-electron chi connectivity index (χ2n) is 7.02. The van der Waals surface area contributed by atoms with Crippen molar-refractivity contribution in [2.75, 3.05) is 39.8 Å². The second kappa shape index (κ2) is 9.53. The van der Waals surface area contributed by atoms with Crippen molar-refractivity contribution >= 4 is 11.9 Å². The first kappa shape index (κ1) is 20.1. The van der Waals surface area contributed by atoms with Crippen LogP contribution >= 0.6 is 0 Å². The third kappa shape index (κ3) is 5.21. The molecule has 0 aliphatic carbocycles. The molecule has 1 heterocycles. The van der Waals surface area contributed by atoms with Gasteiger partial charge < -0.3 is 14.7 Å². The number of hydrogen-bond acceptors (Lipinski definition) is 5. The van der Waals surface area contributed by atoms with Crippen molar-refractivity contribution in [2.24, 2.45) is 0 Å². The predicted molar refractivity (Wildman–Crippen MR) is 112 cm³/mol. The largest absolute Gasteiger partial charge is 0.508 e. The summed E-state index contributed by atoms with van der Waals surface area (Å²) in [5.74, 6) is 0.911. The number of aromatic hydroxyl groups is 1. The average molecular weight is 380 g/mol. The third-order valence-corrected chi connectivity index (χ3v) is 5.22. The summed E-state index contributed by atoms with van der Waals surface area (Å²) in [7, 11) is 1.60. The third-order valence-electron chi connectivity index (χ3n) is 5.22. The number of benzene rings is 2. The standard InChI is InChI=1S/C23H28N2O3/c1-3-24-12-14-25(15-13-24)17-20-6-4-18(16-23(20)27)5-11-22(26)19-7-9-21(28-2)10-8-19/h4-11,16,27H,3,12-15,17H2,1-2H3/b11-5+. The number of phenols is 1. The van der Waals surface area contributed by atoms with Crippen LogP contribution in [0.5, 0.6) is 11.5 Å². The number of allylic oxidation sites excluding steroid dienone is 1. The summed E-state index contributed by atoms with van der Waals surface area (Å²) < 4.78 is 5.11. The number of phenolic OH excluding ortho intramolecular Hbond substituents is 1. The molecule has 0 spiro atoms. The van der Waals surface area contributed by atoms with E-state index in [0.29, 0.717) is 5.56 Å². The lowest BCUT2D eigenvalue weighted by molar-refractivity contribution is 0.104. The van der Waals surface area contributed by atoms with E-state index in [0.717, 1.165) is 56.1 Å². The van der Waals surface area contributed by atoms with Crippen LogP contribution < -0.4 is 4.74 Å². The maximum absolute atomic E-state index is 12.3. The SMILES string of the molecule is CCN1CCN(Cc2ccc(/C=C/C(=O)c3ccc(OC)cc3)cc2O)CC1. The minimum absolute atomic E-state index is 0.0833. The molecule has 1 saturated heterocycles. The van der Waals surface area contributed by atoms with Crippen LogP contribution in [0.15, 0.2) is 48.5 Å². The molecular weight excluding hydrogens is 352 g/mol. The molecule has 1 N–H and O–H groups in total. The predicted octanol–water partition coefficient (Wildman–Crippen LogP) is 3.43. The first-order valence-electron chi connectivity index (χ1n) is 9.72. The Bertz CT molecular complexity index is 822. The Labute approximate surface area is 166 Å². The molecule has 0 aromatic heterocycles. The summed E-state index contributed by atoms with van der Waals surface area (Å²) in [6.45, 7) is 8.22. The molecule has 0 unspecified atom stereocenters. The lowest BCUT2D eigenvalue weighted by atomic mass is 10.1. The molecule has 28 heavy (non-hydrogen) atoms. The number of ketones is 1. The molecule has 5 heteroatoms. The quantitative estimate of drug-likeness (QED) is 0.589. The van der Waals surface area contributed by atoms with E-state index in [-0.39, 0.29) is 11.5 Å². The normalized spacial score (nSPS) is 15.8. The van der Waals surface area contributed by atoms with Crippen molar-refractivity contribution in [1.29, 1.82) is 0 Å². The highest BCUT2D eigenvalue weighted by atomic mass is 16.5. The van der Waals surface area contributed by atoms with Crippen LogP contribution in [0.4, 0.5) is 0 Å². The number of carbonyl (C=O) groups excluding carboxylic acids is 1. The smallest absolute Gasteiger partial charge is 0.185 e. The van der Waals surface area contributed by atoms with Gasteiger partial charge in [-0.15, -0.1) is 0 Å². The van der Waals surface area contributed by atoms with Gasteiger partial charge in [0.1, 0.15) is 11.5 Å². The molecule has 1 aliphatic heterocycles. The maximum atomic E-state index is 12.3. The molecule has 0 saturated carbocycles. The summed E-state index contributed by atoms with van der Waals surface area (Å²) in [4.78, 5) is 17.1. The summed E-state index contributed by atoms with van der Waals surface area (Å²) in [5, 5.41) is 10.4. The van der Waals surface area contributed by atoms with Gasteiger partial charge in [-0.25, -0.2) is 0 Å². The average Bonchev–Trinajstić information content (AvgIpc) is 2.74. The maximum Gasteiger partial charge on any atom is 0.185 e. The van der Waals surface area contributed by atoms with Gasteiger partial charge in [0.25, 0.3) is 0 Å². The molecule has 2 aromatic carbocycles. The monoisotopic (exact) mass is 380 g/mol. The molecular formula is C23H28N2O3. The number of ether oxygens (including phenoxy) is 1. The summed E-state index contributed by atoms with van der Waals surface area (Å²) in [6.07, 6.45) is 3.26. The highest BCUT2D eigenvalue weighted by Crippen LogP contribution is 2.22. The van der Waals surface area contributed by atoms with Gasteiger partial charge in [-0.05, 0) is 48.5 Å². The Balaban J connectivity index is 1.60. The number of nitrogens with zero attached hydrogens (tertiary/aromatic N) is 2. The van der Waals surface area contributed by atoms with Crippen LogP contribution in [0.2, 0.25) is 0 Å². The summed E-state index contributed by atoms with van der Waals surface area (Å²) >= 11 is 0. The minimum Gasteiger partial charge on any atom is -0.508 e. The van der Waals surface area contributed by atoms with Gasteiger partial charge in [-0.2, -0.15) is 0 Å². The van der Waals surface area contributed by atoms with Gasteiger partial charge in [-0.3, -0.25) is 9.69 Å². The molecule has 0 amide bonds. The highest BCUT2D eigenvalue weighted by Gasteiger charge is 2.16. The fourth-order valence-corrected chi connectivity index (χ4v) is 3.35. The van der Waals surface area contributed by atoms with Crippen molar-refractivity contribution in [3.8, 4) is 11.5 Å². The van der Waals surface area contributed by atoms with Crippen LogP contribution in [0.3, 0.4) is 0 Å². The van der Waals surface area contributed by atoms with Crippen molar-refractivity contribution in [1.82, 2.24) is 9.80 Å². The van der Waals surface area contributed by atoms with Gasteiger partial charge in [0.05, 0.1) is 7.11 Å². The van der Waals surface area contributed by atoms with Crippen molar-refractivity contribution in [2.45, 2.75) is 13.5 Å². The van der Waals surface area contributed by atoms with Crippen LogP contribution in [-0.4, -0.2) is 60.5 Å². The van der Waals surface area contributed by atoms with E-state index in [9.17, 15) is 9.90 Å². The number of methoxy groups -OCH3 is 1. The van der Waals surface area contributed by atoms with Crippen molar-refractivity contribution in [3.05, 3.63) is 65.2 Å². The van der Waals surface area contributed by atoms with E-state index >= 15 is 0 Å². The Morgan fingerprint density at radius 2 is 1.75 bits per heavy atom. The van der Waals surface area contributed by atoms with Gasteiger partial charge in [0, 0.05) is 43.9 Å². The first-order chi connectivity index (χ1) is 13.6. The van der Waals surface area contributed by atoms with Gasteiger partial charge in [-0.1, -0.05) is 25.1 Å². The van der Waals surface area contributed by atoms with Crippen LogP contribution in [0.1, 0.15) is 28.4 Å². The van der Waals surface area contributed by atoms with E-state index in [4.69, 9.17) is 4.74 Å². The molecule has 1 fully saturated rings. The summed E-state index contributed by atoms with van der Waals surface area (Å²) in [5.41, 5.74) is 2.33. The number of likely N-dealkylation sites (N-methyl/N-ethyl adjacent to an activating group) is 1. The number of piperazine rings is 1. The van der Waals surface area contributed by atoms with Gasteiger partial charge >= 0.3 is 0 Å². The van der Waals surface area contributed by atoms with E-state index in [1.165, 1.54) is 6.08 Å². The summed E-state index contributed by atoms with van der Waals surface area (Å²) in [6, 6.07) is 12.6. The van der Waals surface area contributed by atoms with E-state index < -0.39 is 0 Å². The van der Waals surface area contributed by atoms with Crippen LogP contribution in [0, 0.1) is 0 Å². The Morgan fingerprint density at radius 3 is 2.36 bits per heavy atom. The molecule has 2 aromatic rings. The minimum atomic E-state index is -0.0833. The molecule has 1 aliphatic rings. The highest BCUT2D eigenvalue weighted by molar-refractivity contribution is 6.06. The zero-order chi connectivity index (χ0) is 19.9. The van der Waals surface area contributed by atoms with Gasteiger partial charge in [0.15, 0.2) is 5.78 Å². The molecule has 0 atom stereocenters. The van der Waals surface area contributed by atoms with Crippen molar-refractivity contribution in [3.63, 3.8) is 0 Å². The Kier molecular flexibility index (Phi) is 6.85. The fraction of sp³-hybridized carbons (Fsp3) is 0.348. The number of hydrogen-bond donors (Lipinski definition) is 1. The lowest BCUT2D eigenvalue weighted by Crippen LogP contribution is -2.45. The lowest BCUT2D eigenvalue weighted by Gasteiger charge is -2.34. The number of carbonyl (C=O) groups is 1. The topological polar surface area (TPSA) is 53.0 Å². The molecule has 148 valence electrons. The van der Waals surface area contributed by atoms with E-state index in [2.05, 4.69) is 16.7 Å². The molecule has 5 nitrogen and oxygen atoms in total. The van der Waals surface area contributed by atoms with E-state index in [1.54, 1.807) is 43.5 Å². The fourth-order valence-electron chi connectivity index (χ4n) is 3.35. The number of rotatable bonds is 7. The van der Waals surface area contributed by atoms with Gasteiger partial charge in [0.2, 0.25) is 0 Å². The van der Waals surface area contributed by atoms with E-state index in [1.807, 2.05) is 12.1 Å². The zero-order valence-electron chi connectivity index (χ0n) is 16.6. The second-order valence-corrected chi connectivity index (χ2v) is 7.02. The molecule has 3 rings (SSSR count). The Morgan fingerprint density at radius 1 is 1.07 bits per heavy atom. The van der Waals surface area contributed by atoms with Crippen molar-refractivity contribution < 1.29 is 14.6 Å². The van der Waals surface area contributed by atoms with Crippen LogP contribution in [0.25, 0.3) is 6.08 Å². The molecule has 0 radical (unpaired) electrons. The molecule has 0 bridgehead atoms. The first-order valence-corrected chi connectivity index (χ1v) is 9.72.